The van der Waals surface area contributed by atoms with Gasteiger partial charge in [-0.15, -0.1) is 0 Å². The summed E-state index contributed by atoms with van der Waals surface area (Å²) < 4.78 is 0. The minimum atomic E-state index is -0.843. The second-order valence-corrected chi connectivity index (χ2v) is 8.51. The third-order valence-corrected chi connectivity index (χ3v) is 6.71. The zero-order chi connectivity index (χ0) is 21.0. The maximum atomic E-state index is 13.6. The van der Waals surface area contributed by atoms with Crippen LogP contribution in [0.1, 0.15) is 58.5 Å². The fraction of sp³-hybridized carbons (Fsp3) is 0.292. The molecule has 1 aromatic carbocycles. The van der Waals surface area contributed by atoms with Crippen LogP contribution in [0.3, 0.4) is 0 Å². The van der Waals surface area contributed by atoms with Crippen molar-refractivity contribution in [3.05, 3.63) is 83.7 Å². The van der Waals surface area contributed by atoms with Crippen LogP contribution in [0.2, 0.25) is 0 Å². The molecule has 2 amide bonds. The summed E-state index contributed by atoms with van der Waals surface area (Å²) in [5, 5.41) is 3.03. The first-order valence-corrected chi connectivity index (χ1v) is 10.6. The molecule has 0 radical (unpaired) electrons. The van der Waals surface area contributed by atoms with E-state index >= 15 is 0 Å². The van der Waals surface area contributed by atoms with Crippen molar-refractivity contribution in [1.29, 1.82) is 0 Å². The summed E-state index contributed by atoms with van der Waals surface area (Å²) in [5.41, 5.74) is 2.19. The van der Waals surface area contributed by atoms with Crippen molar-refractivity contribution >= 4 is 17.5 Å². The molecule has 7 nitrogen and oxygen atoms in total. The Morgan fingerprint density at radius 1 is 1.06 bits per heavy atom. The average molecular weight is 411 g/mol. The molecular formula is C24H21N5O2. The van der Waals surface area contributed by atoms with Gasteiger partial charge in [0, 0.05) is 42.9 Å². The largest absolute Gasteiger partial charge is 0.330 e. The predicted octanol–water partition coefficient (Wildman–Crippen LogP) is 3.23. The molecule has 2 atom stereocenters. The Balaban J connectivity index is 1.44. The highest BCUT2D eigenvalue weighted by molar-refractivity contribution is 6.08. The van der Waals surface area contributed by atoms with Crippen molar-refractivity contribution in [3.8, 4) is 0 Å². The van der Waals surface area contributed by atoms with Gasteiger partial charge >= 0.3 is 0 Å². The average Bonchev–Trinajstić information content (AvgIpc) is 3.53. The quantitative estimate of drug-likeness (QED) is 0.715. The minimum absolute atomic E-state index is 0.0711. The van der Waals surface area contributed by atoms with Gasteiger partial charge in [0.25, 0.3) is 5.91 Å². The van der Waals surface area contributed by atoms with E-state index in [1.165, 1.54) is 0 Å². The number of pyridine rings is 1. The van der Waals surface area contributed by atoms with E-state index in [-0.39, 0.29) is 11.8 Å². The van der Waals surface area contributed by atoms with E-state index in [0.29, 0.717) is 24.4 Å². The zero-order valence-electron chi connectivity index (χ0n) is 16.9. The normalized spacial score (nSPS) is 24.3. The number of benzene rings is 1. The first-order valence-electron chi connectivity index (χ1n) is 10.6. The van der Waals surface area contributed by atoms with Crippen molar-refractivity contribution in [2.45, 2.75) is 36.6 Å². The molecule has 0 bridgehead atoms. The number of para-hydroxylation sites is 1. The van der Waals surface area contributed by atoms with Crippen LogP contribution in [0, 0.1) is 0 Å². The lowest BCUT2D eigenvalue weighted by atomic mass is 9.73. The summed E-state index contributed by atoms with van der Waals surface area (Å²) in [6, 6.07) is 11.1. The Morgan fingerprint density at radius 2 is 1.87 bits per heavy atom. The third-order valence-electron chi connectivity index (χ3n) is 6.71. The first-order chi connectivity index (χ1) is 15.2. The van der Waals surface area contributed by atoms with Gasteiger partial charge in [0.2, 0.25) is 5.91 Å². The molecule has 6 rings (SSSR count). The van der Waals surface area contributed by atoms with Crippen LogP contribution in [-0.2, 0) is 10.2 Å². The summed E-state index contributed by atoms with van der Waals surface area (Å²) in [5.74, 6) is 1.01. The number of aromatic nitrogens is 3. The molecule has 2 aliphatic heterocycles. The van der Waals surface area contributed by atoms with Crippen molar-refractivity contribution < 1.29 is 9.59 Å². The minimum Gasteiger partial charge on any atom is -0.330 e. The molecule has 2 unspecified atom stereocenters. The van der Waals surface area contributed by atoms with E-state index in [4.69, 9.17) is 0 Å². The van der Waals surface area contributed by atoms with Crippen LogP contribution < -0.4 is 5.32 Å². The highest BCUT2D eigenvalue weighted by Crippen LogP contribution is 2.54. The molecule has 31 heavy (non-hydrogen) atoms. The fourth-order valence-electron chi connectivity index (χ4n) is 5.07. The van der Waals surface area contributed by atoms with E-state index in [0.717, 1.165) is 35.5 Å². The Kier molecular flexibility index (Phi) is 3.93. The lowest BCUT2D eigenvalue weighted by Crippen LogP contribution is -2.42. The van der Waals surface area contributed by atoms with Crippen LogP contribution >= 0.6 is 0 Å². The first kappa shape index (κ1) is 18.2. The number of nitrogens with one attached hydrogen (secondary N) is 1. The summed E-state index contributed by atoms with van der Waals surface area (Å²) >= 11 is 0. The number of hydrogen-bond acceptors (Lipinski definition) is 5. The molecule has 154 valence electrons. The van der Waals surface area contributed by atoms with Crippen molar-refractivity contribution in [2.24, 2.45) is 0 Å². The molecule has 3 aromatic rings. The number of hydrogen-bond donors (Lipinski definition) is 1. The van der Waals surface area contributed by atoms with Crippen LogP contribution in [0.5, 0.6) is 0 Å². The molecule has 1 N–H and O–H groups in total. The van der Waals surface area contributed by atoms with E-state index in [1.54, 1.807) is 29.7 Å². The molecule has 1 aliphatic carbocycles. The Morgan fingerprint density at radius 3 is 2.61 bits per heavy atom. The Labute approximate surface area is 179 Å². The SMILES string of the molecule is O=C(c1cnc(C2CC2)nc1)N1CCC2(C(=O)Nc3ccccc32)C1c1cccnc1. The fourth-order valence-corrected chi connectivity index (χ4v) is 5.07. The van der Waals surface area contributed by atoms with Gasteiger partial charge in [-0.25, -0.2) is 9.97 Å². The van der Waals surface area contributed by atoms with E-state index in [2.05, 4.69) is 20.3 Å². The van der Waals surface area contributed by atoms with Crippen molar-refractivity contribution in [3.63, 3.8) is 0 Å². The molecule has 1 saturated carbocycles. The molecule has 7 heteroatoms. The second-order valence-electron chi connectivity index (χ2n) is 8.51. The van der Waals surface area contributed by atoms with Gasteiger partial charge in [-0.3, -0.25) is 14.6 Å². The van der Waals surface area contributed by atoms with E-state index in [9.17, 15) is 9.59 Å². The molecular weight excluding hydrogens is 390 g/mol. The number of carbonyl (C=O) groups is 2. The van der Waals surface area contributed by atoms with Gasteiger partial charge in [-0.05, 0) is 42.5 Å². The number of anilines is 1. The van der Waals surface area contributed by atoms with Gasteiger partial charge in [-0.2, -0.15) is 0 Å². The number of rotatable bonds is 3. The van der Waals surface area contributed by atoms with Crippen molar-refractivity contribution in [2.75, 3.05) is 11.9 Å². The summed E-state index contributed by atoms with van der Waals surface area (Å²) in [7, 11) is 0. The smallest absolute Gasteiger partial charge is 0.257 e. The monoisotopic (exact) mass is 411 g/mol. The Hall–Kier alpha value is -3.61. The second kappa shape index (κ2) is 6.70. The van der Waals surface area contributed by atoms with Gasteiger partial charge in [0.15, 0.2) is 0 Å². The third kappa shape index (κ3) is 2.69. The highest BCUT2D eigenvalue weighted by Gasteiger charge is 2.59. The number of likely N-dealkylation sites (tertiary alicyclic amines) is 1. The molecule has 4 heterocycles. The molecule has 1 saturated heterocycles. The zero-order valence-corrected chi connectivity index (χ0v) is 16.9. The van der Waals surface area contributed by atoms with Gasteiger partial charge in [0.1, 0.15) is 11.2 Å². The lowest BCUT2D eigenvalue weighted by Gasteiger charge is -2.34. The summed E-state index contributed by atoms with van der Waals surface area (Å²) in [6.07, 6.45) is 9.46. The Bertz CT molecular complexity index is 1180. The number of amides is 2. The van der Waals surface area contributed by atoms with E-state index in [1.807, 2.05) is 36.4 Å². The van der Waals surface area contributed by atoms with Gasteiger partial charge < -0.3 is 10.2 Å². The maximum Gasteiger partial charge on any atom is 0.257 e. The number of fused-ring (bicyclic) bond motifs is 2. The summed E-state index contributed by atoms with van der Waals surface area (Å²) in [6.45, 7) is 0.463. The van der Waals surface area contributed by atoms with Gasteiger partial charge in [0.05, 0.1) is 11.6 Å². The highest BCUT2D eigenvalue weighted by atomic mass is 16.2. The van der Waals surface area contributed by atoms with Crippen LogP contribution in [0.4, 0.5) is 5.69 Å². The van der Waals surface area contributed by atoms with Gasteiger partial charge in [-0.1, -0.05) is 24.3 Å². The molecule has 2 aromatic heterocycles. The summed E-state index contributed by atoms with van der Waals surface area (Å²) in [4.78, 5) is 41.9. The van der Waals surface area contributed by atoms with Crippen LogP contribution in [0.15, 0.2) is 61.2 Å². The molecule has 2 fully saturated rings. The molecule has 1 spiro atoms. The number of carbonyl (C=O) groups excluding carboxylic acids is 2. The maximum absolute atomic E-state index is 13.6. The van der Waals surface area contributed by atoms with Crippen molar-refractivity contribution in [1.82, 2.24) is 19.9 Å². The molecule has 3 aliphatic rings. The standard InChI is InChI=1S/C24H21N5O2/c30-22(17-13-26-21(27-14-17)15-7-8-15)29-11-9-24(20(29)16-4-3-10-25-12-16)18-5-1-2-6-19(18)28-23(24)31/h1-6,10,12-15,20H,7-9,11H2,(H,28,31). The lowest BCUT2D eigenvalue weighted by molar-refractivity contribution is -0.121. The topological polar surface area (TPSA) is 88.1 Å². The van der Waals surface area contributed by atoms with Crippen LogP contribution in [-0.4, -0.2) is 38.2 Å². The van der Waals surface area contributed by atoms with Crippen LogP contribution in [0.25, 0.3) is 0 Å². The predicted molar refractivity (Wildman–Crippen MR) is 113 cm³/mol. The van der Waals surface area contributed by atoms with E-state index < -0.39 is 11.5 Å². The number of nitrogens with zero attached hydrogens (tertiary/aromatic N) is 4.